The maximum Gasteiger partial charge on any atom is 0.351 e. The van der Waals surface area contributed by atoms with Crippen LogP contribution in [0.1, 0.15) is 37.3 Å². The average Bonchev–Trinajstić information content (AvgIpc) is 3.33. The van der Waals surface area contributed by atoms with Crippen molar-refractivity contribution in [2.24, 2.45) is 0 Å². The van der Waals surface area contributed by atoms with Crippen LogP contribution in [-0.2, 0) is 18.9 Å². The van der Waals surface area contributed by atoms with Crippen LogP contribution in [0.15, 0.2) is 108 Å². The third-order valence-electron chi connectivity index (χ3n) is 6.30. The predicted octanol–water partition coefficient (Wildman–Crippen LogP) is 3.03. The number of anilines is 1. The number of aromatic nitrogens is 2. The normalized spacial score (nSPS) is 19.7. The number of nitrogens with two attached hydrogens (primary N) is 1. The number of rotatable bonds is 8. The molecule has 41 heavy (non-hydrogen) atoms. The lowest BCUT2D eigenvalue weighted by Gasteiger charge is -2.25. The van der Waals surface area contributed by atoms with E-state index < -0.39 is 48.1 Å². The summed E-state index contributed by atoms with van der Waals surface area (Å²) in [5, 5.41) is 0. The Kier molecular flexibility index (Phi) is 8.16. The number of nitrogen functional groups attached to an aromatic ring is 1. The lowest BCUT2D eigenvalue weighted by Crippen LogP contribution is -2.42. The fraction of sp³-hybridized carbons (Fsp3) is 0.167. The van der Waals surface area contributed by atoms with Gasteiger partial charge >= 0.3 is 23.6 Å². The molecule has 1 aliphatic heterocycles. The van der Waals surface area contributed by atoms with E-state index in [9.17, 15) is 19.2 Å². The van der Waals surface area contributed by atoms with E-state index in [1.807, 2.05) is 0 Å². The van der Waals surface area contributed by atoms with Gasteiger partial charge in [-0.2, -0.15) is 4.98 Å². The molecule has 208 valence electrons. The fourth-order valence-electron chi connectivity index (χ4n) is 4.30. The molecule has 0 saturated carbocycles. The Morgan fingerprint density at radius 3 is 1.73 bits per heavy atom. The average molecular weight is 556 g/mol. The Morgan fingerprint density at radius 1 is 0.732 bits per heavy atom. The second-order valence-electron chi connectivity index (χ2n) is 9.04. The number of carbonyl (C=O) groups is 3. The first-order valence-electron chi connectivity index (χ1n) is 12.6. The molecule has 1 aliphatic rings. The van der Waals surface area contributed by atoms with Crippen molar-refractivity contribution in [1.82, 2.24) is 9.55 Å². The van der Waals surface area contributed by atoms with Gasteiger partial charge in [-0.05, 0) is 42.5 Å². The Labute approximate surface area is 234 Å². The molecule has 4 atom stereocenters. The highest BCUT2D eigenvalue weighted by atomic mass is 16.7. The molecule has 3 aromatic carbocycles. The van der Waals surface area contributed by atoms with Crippen LogP contribution in [0.25, 0.3) is 0 Å². The van der Waals surface area contributed by atoms with Crippen LogP contribution in [0.2, 0.25) is 0 Å². The lowest BCUT2D eigenvalue weighted by atomic mass is 10.1. The molecule has 0 bridgehead atoms. The summed E-state index contributed by atoms with van der Waals surface area (Å²) in [6.07, 6.45) is -3.71. The van der Waals surface area contributed by atoms with Gasteiger partial charge in [0.25, 0.3) is 0 Å². The zero-order valence-electron chi connectivity index (χ0n) is 21.6. The summed E-state index contributed by atoms with van der Waals surface area (Å²) in [6.45, 7) is -0.381. The molecular weight excluding hydrogens is 530 g/mol. The number of benzene rings is 3. The fourth-order valence-corrected chi connectivity index (χ4v) is 4.30. The Balaban J connectivity index is 1.49. The van der Waals surface area contributed by atoms with Gasteiger partial charge in [0.1, 0.15) is 18.5 Å². The van der Waals surface area contributed by atoms with Crippen LogP contribution < -0.4 is 11.4 Å². The number of ether oxygens (including phenoxy) is 4. The SMILES string of the molecule is Nc1ccn(C2O[C@@H](COC(=O)c3ccccc3)[C@H](OC(=O)c3ccccc3)[C@@H]2OC(=O)c2ccccc2)c(=O)n1. The molecular formula is C30H25N3O8. The second kappa shape index (κ2) is 12.3. The van der Waals surface area contributed by atoms with E-state index in [4.69, 9.17) is 24.7 Å². The minimum absolute atomic E-state index is 0.0255. The molecule has 1 unspecified atom stereocenters. The maximum atomic E-state index is 13.1. The molecule has 2 heterocycles. The van der Waals surface area contributed by atoms with E-state index in [0.29, 0.717) is 5.56 Å². The van der Waals surface area contributed by atoms with E-state index >= 15 is 0 Å². The Bertz CT molecular complexity index is 1580. The predicted molar refractivity (Wildman–Crippen MR) is 145 cm³/mol. The van der Waals surface area contributed by atoms with Crippen LogP contribution in [0, 0.1) is 0 Å². The Hall–Kier alpha value is -5.29. The zero-order chi connectivity index (χ0) is 28.8. The molecule has 1 fully saturated rings. The molecule has 5 rings (SSSR count). The minimum Gasteiger partial charge on any atom is -0.459 e. The molecule has 11 nitrogen and oxygen atoms in total. The smallest absolute Gasteiger partial charge is 0.351 e. The summed E-state index contributed by atoms with van der Waals surface area (Å²) in [5.41, 5.74) is 5.63. The van der Waals surface area contributed by atoms with Crippen LogP contribution >= 0.6 is 0 Å². The van der Waals surface area contributed by atoms with Crippen LogP contribution in [0.4, 0.5) is 5.82 Å². The van der Waals surface area contributed by atoms with E-state index in [0.717, 1.165) is 4.57 Å². The first kappa shape index (κ1) is 27.3. The first-order chi connectivity index (χ1) is 19.9. The summed E-state index contributed by atoms with van der Waals surface area (Å²) < 4.78 is 24.3. The van der Waals surface area contributed by atoms with Crippen molar-refractivity contribution in [2.75, 3.05) is 12.3 Å². The second-order valence-corrected chi connectivity index (χ2v) is 9.04. The Morgan fingerprint density at radius 2 is 1.22 bits per heavy atom. The van der Waals surface area contributed by atoms with Crippen LogP contribution in [0.5, 0.6) is 0 Å². The molecule has 2 N–H and O–H groups in total. The van der Waals surface area contributed by atoms with Crippen molar-refractivity contribution in [1.29, 1.82) is 0 Å². The number of hydrogen-bond donors (Lipinski definition) is 1. The van der Waals surface area contributed by atoms with Crippen molar-refractivity contribution >= 4 is 23.7 Å². The molecule has 0 amide bonds. The zero-order valence-corrected chi connectivity index (χ0v) is 21.6. The summed E-state index contributed by atoms with van der Waals surface area (Å²) >= 11 is 0. The quantitative estimate of drug-likeness (QED) is 0.254. The van der Waals surface area contributed by atoms with Gasteiger partial charge in [-0.25, -0.2) is 19.2 Å². The van der Waals surface area contributed by atoms with Crippen molar-refractivity contribution in [2.45, 2.75) is 24.5 Å². The molecule has 0 spiro atoms. The van der Waals surface area contributed by atoms with Gasteiger partial charge in [-0.15, -0.1) is 0 Å². The molecule has 0 radical (unpaired) electrons. The van der Waals surface area contributed by atoms with Crippen molar-refractivity contribution in [3.05, 3.63) is 130 Å². The third-order valence-corrected chi connectivity index (χ3v) is 6.30. The van der Waals surface area contributed by atoms with E-state index in [1.54, 1.807) is 91.0 Å². The summed E-state index contributed by atoms with van der Waals surface area (Å²) in [7, 11) is 0. The molecule has 4 aromatic rings. The van der Waals surface area contributed by atoms with Crippen molar-refractivity contribution in [3.63, 3.8) is 0 Å². The number of carbonyl (C=O) groups excluding carboxylic acids is 3. The van der Waals surface area contributed by atoms with Gasteiger partial charge in [0, 0.05) is 6.20 Å². The lowest BCUT2D eigenvalue weighted by molar-refractivity contribution is -0.0639. The molecule has 1 aromatic heterocycles. The molecule has 0 aliphatic carbocycles. The highest BCUT2D eigenvalue weighted by molar-refractivity contribution is 5.91. The van der Waals surface area contributed by atoms with Gasteiger partial charge in [-0.3, -0.25) is 4.57 Å². The molecule has 1 saturated heterocycles. The van der Waals surface area contributed by atoms with E-state index in [2.05, 4.69) is 4.98 Å². The van der Waals surface area contributed by atoms with E-state index in [1.165, 1.54) is 12.3 Å². The summed E-state index contributed by atoms with van der Waals surface area (Å²) in [5.74, 6) is -2.15. The van der Waals surface area contributed by atoms with Crippen LogP contribution in [0.3, 0.4) is 0 Å². The largest absolute Gasteiger partial charge is 0.459 e. The minimum atomic E-state index is -1.33. The van der Waals surface area contributed by atoms with Crippen molar-refractivity contribution < 1.29 is 33.3 Å². The van der Waals surface area contributed by atoms with E-state index in [-0.39, 0.29) is 23.6 Å². The van der Waals surface area contributed by atoms with Gasteiger partial charge < -0.3 is 24.7 Å². The standard InChI is InChI=1S/C30H25N3O8/c31-23-16-17-33(30(37)32-23)26-25(41-29(36)21-14-8-3-9-15-21)24(40-28(35)20-12-6-2-7-13-20)22(39-26)18-38-27(34)19-10-4-1-5-11-19/h1-17,22,24-26H,18H2,(H2,31,32,37)/t22-,24-,25-,26?/m0/s1. The highest BCUT2D eigenvalue weighted by Gasteiger charge is 2.51. The number of hydrogen-bond acceptors (Lipinski definition) is 10. The van der Waals surface area contributed by atoms with Gasteiger partial charge in [0.2, 0.25) is 0 Å². The van der Waals surface area contributed by atoms with Gasteiger partial charge in [0.05, 0.1) is 16.7 Å². The summed E-state index contributed by atoms with van der Waals surface area (Å²) in [6, 6.07) is 26.0. The van der Waals surface area contributed by atoms with Gasteiger partial charge in [-0.1, -0.05) is 54.6 Å². The maximum absolute atomic E-state index is 13.1. The monoisotopic (exact) mass is 555 g/mol. The number of nitrogens with zero attached hydrogens (tertiary/aromatic N) is 2. The van der Waals surface area contributed by atoms with Gasteiger partial charge in [0.15, 0.2) is 18.4 Å². The van der Waals surface area contributed by atoms with Crippen molar-refractivity contribution in [3.8, 4) is 0 Å². The topological polar surface area (TPSA) is 149 Å². The third kappa shape index (κ3) is 6.31. The highest BCUT2D eigenvalue weighted by Crippen LogP contribution is 2.34. The molecule has 11 heteroatoms. The van der Waals surface area contributed by atoms with Crippen LogP contribution in [-0.4, -0.2) is 52.4 Å². The number of esters is 3. The first-order valence-corrected chi connectivity index (χ1v) is 12.6. The summed E-state index contributed by atoms with van der Waals surface area (Å²) in [4.78, 5) is 55.5.